The van der Waals surface area contributed by atoms with Crippen LogP contribution in [0.1, 0.15) is 13.8 Å². The van der Waals surface area contributed by atoms with Gasteiger partial charge in [0.05, 0.1) is 16.2 Å². The molecule has 1 rings (SSSR count). The van der Waals surface area contributed by atoms with Crippen LogP contribution in [0.5, 0.6) is 0 Å². The lowest BCUT2D eigenvalue weighted by molar-refractivity contribution is 0.105. The molecule has 0 atom stereocenters. The van der Waals surface area contributed by atoms with Gasteiger partial charge in [-0.3, -0.25) is 0 Å². The minimum atomic E-state index is -3.44. The fourth-order valence-corrected chi connectivity index (χ4v) is 2.96. The molecule has 0 amide bonds. The first-order valence-corrected chi connectivity index (χ1v) is 6.44. The first kappa shape index (κ1) is 12.5. The summed E-state index contributed by atoms with van der Waals surface area (Å²) in [6.45, 7) is 2.92. The first-order chi connectivity index (χ1) is 6.71. The SMILES string of the molecule is CC(C)(O)CS(=O)(=O)c1ccc(Cl)cc1. The van der Waals surface area contributed by atoms with E-state index in [1.165, 1.54) is 38.1 Å². The Kier molecular flexibility index (Phi) is 3.43. The Labute approximate surface area is 94.6 Å². The summed E-state index contributed by atoms with van der Waals surface area (Å²) in [5.74, 6) is -0.304. The summed E-state index contributed by atoms with van der Waals surface area (Å²) in [5, 5.41) is 9.95. The monoisotopic (exact) mass is 248 g/mol. The predicted octanol–water partition coefficient (Wildman–Crippen LogP) is 1.88. The van der Waals surface area contributed by atoms with Crippen molar-refractivity contribution in [2.45, 2.75) is 24.3 Å². The maximum Gasteiger partial charge on any atom is 0.181 e. The van der Waals surface area contributed by atoms with Crippen LogP contribution in [0.2, 0.25) is 5.02 Å². The van der Waals surface area contributed by atoms with Gasteiger partial charge < -0.3 is 5.11 Å². The van der Waals surface area contributed by atoms with Crippen LogP contribution in [0.25, 0.3) is 0 Å². The van der Waals surface area contributed by atoms with Gasteiger partial charge in [-0.15, -0.1) is 0 Å². The summed E-state index contributed by atoms with van der Waals surface area (Å²) in [6, 6.07) is 5.89. The molecular formula is C10H13ClO3S. The van der Waals surface area contributed by atoms with Crippen molar-refractivity contribution in [3.05, 3.63) is 29.3 Å². The first-order valence-electron chi connectivity index (χ1n) is 4.41. The molecule has 1 N–H and O–H groups in total. The molecule has 0 bridgehead atoms. The van der Waals surface area contributed by atoms with Gasteiger partial charge in [0.2, 0.25) is 0 Å². The quantitative estimate of drug-likeness (QED) is 0.889. The number of aliphatic hydroxyl groups is 1. The van der Waals surface area contributed by atoms with E-state index in [9.17, 15) is 13.5 Å². The van der Waals surface area contributed by atoms with E-state index in [1.54, 1.807) is 0 Å². The Morgan fingerprint density at radius 2 is 1.73 bits per heavy atom. The van der Waals surface area contributed by atoms with Crippen molar-refractivity contribution in [2.24, 2.45) is 0 Å². The van der Waals surface area contributed by atoms with E-state index in [4.69, 9.17) is 11.6 Å². The van der Waals surface area contributed by atoms with Gasteiger partial charge in [0, 0.05) is 5.02 Å². The third-order valence-electron chi connectivity index (χ3n) is 1.72. The molecule has 1 aromatic carbocycles. The van der Waals surface area contributed by atoms with Crippen molar-refractivity contribution in [1.29, 1.82) is 0 Å². The zero-order chi connectivity index (χ0) is 11.7. The zero-order valence-electron chi connectivity index (χ0n) is 8.57. The maximum absolute atomic E-state index is 11.8. The fraction of sp³-hybridized carbons (Fsp3) is 0.400. The number of rotatable bonds is 3. The van der Waals surface area contributed by atoms with Crippen molar-refractivity contribution in [2.75, 3.05) is 5.75 Å². The molecule has 0 aliphatic carbocycles. The normalized spacial score (nSPS) is 12.8. The van der Waals surface area contributed by atoms with Gasteiger partial charge in [0.25, 0.3) is 0 Å². The second-order valence-electron chi connectivity index (χ2n) is 4.03. The molecule has 0 aliphatic rings. The van der Waals surface area contributed by atoms with Gasteiger partial charge in [-0.25, -0.2) is 8.42 Å². The number of sulfone groups is 1. The van der Waals surface area contributed by atoms with E-state index >= 15 is 0 Å². The van der Waals surface area contributed by atoms with Crippen molar-refractivity contribution in [1.82, 2.24) is 0 Å². The summed E-state index contributed by atoms with van der Waals surface area (Å²) in [5.41, 5.74) is -1.24. The highest BCUT2D eigenvalue weighted by molar-refractivity contribution is 7.91. The number of hydrogen-bond donors (Lipinski definition) is 1. The van der Waals surface area contributed by atoms with Crippen LogP contribution in [-0.2, 0) is 9.84 Å². The topological polar surface area (TPSA) is 54.4 Å². The van der Waals surface area contributed by atoms with E-state index < -0.39 is 15.4 Å². The standard InChI is InChI=1S/C10H13ClO3S/c1-10(2,12)7-15(13,14)9-5-3-8(11)4-6-9/h3-6,12H,7H2,1-2H3. The third-order valence-corrected chi connectivity index (χ3v) is 4.04. The third kappa shape index (κ3) is 3.81. The van der Waals surface area contributed by atoms with Gasteiger partial charge in [0.15, 0.2) is 9.84 Å². The van der Waals surface area contributed by atoms with E-state index in [2.05, 4.69) is 0 Å². The molecule has 0 aliphatic heterocycles. The summed E-state index contributed by atoms with van der Waals surface area (Å²) >= 11 is 5.65. The summed E-state index contributed by atoms with van der Waals surface area (Å²) in [6.07, 6.45) is 0. The molecule has 0 radical (unpaired) electrons. The lowest BCUT2D eigenvalue weighted by atomic mass is 10.2. The van der Waals surface area contributed by atoms with Gasteiger partial charge in [-0.2, -0.15) is 0 Å². The minimum absolute atomic E-state index is 0.175. The average Bonchev–Trinajstić information content (AvgIpc) is 2.00. The van der Waals surface area contributed by atoms with E-state index in [0.717, 1.165) is 0 Å². The highest BCUT2D eigenvalue weighted by Gasteiger charge is 2.24. The molecule has 0 saturated heterocycles. The van der Waals surface area contributed by atoms with Crippen LogP contribution in [0.3, 0.4) is 0 Å². The number of halogens is 1. The highest BCUT2D eigenvalue weighted by atomic mass is 35.5. The zero-order valence-corrected chi connectivity index (χ0v) is 10.1. The van der Waals surface area contributed by atoms with Crippen LogP contribution in [0.4, 0.5) is 0 Å². The molecule has 1 aromatic rings. The van der Waals surface area contributed by atoms with E-state index in [-0.39, 0.29) is 10.6 Å². The molecule has 0 unspecified atom stereocenters. The highest BCUT2D eigenvalue weighted by Crippen LogP contribution is 2.18. The van der Waals surface area contributed by atoms with Gasteiger partial charge in [-0.1, -0.05) is 11.6 Å². The molecule has 84 valence electrons. The summed E-state index contributed by atoms with van der Waals surface area (Å²) < 4.78 is 23.5. The summed E-state index contributed by atoms with van der Waals surface area (Å²) in [4.78, 5) is 0.175. The van der Waals surface area contributed by atoms with Crippen LogP contribution in [-0.4, -0.2) is 24.9 Å². The molecule has 0 heterocycles. The van der Waals surface area contributed by atoms with E-state index in [0.29, 0.717) is 5.02 Å². The minimum Gasteiger partial charge on any atom is -0.389 e. The largest absolute Gasteiger partial charge is 0.389 e. The van der Waals surface area contributed by atoms with Crippen LogP contribution >= 0.6 is 11.6 Å². The van der Waals surface area contributed by atoms with Crippen LogP contribution in [0.15, 0.2) is 29.2 Å². The van der Waals surface area contributed by atoms with E-state index in [1.807, 2.05) is 0 Å². The summed E-state index contributed by atoms with van der Waals surface area (Å²) in [7, 11) is -3.44. The Balaban J connectivity index is 3.02. The molecule has 0 saturated carbocycles. The number of benzene rings is 1. The molecule has 0 aromatic heterocycles. The smallest absolute Gasteiger partial charge is 0.181 e. The molecule has 3 nitrogen and oxygen atoms in total. The Hall–Kier alpha value is -0.580. The Bertz CT molecular complexity index is 429. The second kappa shape index (κ2) is 4.12. The molecule has 0 fully saturated rings. The van der Waals surface area contributed by atoms with Gasteiger partial charge in [0.1, 0.15) is 0 Å². The molecule has 0 spiro atoms. The molecule has 5 heteroatoms. The molecular weight excluding hydrogens is 236 g/mol. The van der Waals surface area contributed by atoms with Crippen LogP contribution < -0.4 is 0 Å². The van der Waals surface area contributed by atoms with Gasteiger partial charge in [-0.05, 0) is 38.1 Å². The molecule has 15 heavy (non-hydrogen) atoms. The Morgan fingerprint density at radius 1 is 1.27 bits per heavy atom. The lowest BCUT2D eigenvalue weighted by Crippen LogP contribution is -2.30. The van der Waals surface area contributed by atoms with Crippen LogP contribution in [0, 0.1) is 0 Å². The van der Waals surface area contributed by atoms with Gasteiger partial charge >= 0.3 is 0 Å². The maximum atomic E-state index is 11.8. The predicted molar refractivity (Wildman–Crippen MR) is 59.8 cm³/mol. The lowest BCUT2D eigenvalue weighted by Gasteiger charge is -2.16. The average molecular weight is 249 g/mol. The van der Waals surface area contributed by atoms with Crippen molar-refractivity contribution >= 4 is 21.4 Å². The second-order valence-corrected chi connectivity index (χ2v) is 6.45. The van der Waals surface area contributed by atoms with Crippen molar-refractivity contribution in [3.8, 4) is 0 Å². The van der Waals surface area contributed by atoms with Crippen molar-refractivity contribution in [3.63, 3.8) is 0 Å². The fourth-order valence-electron chi connectivity index (χ4n) is 1.19. The Morgan fingerprint density at radius 3 is 2.13 bits per heavy atom. The van der Waals surface area contributed by atoms with Crippen molar-refractivity contribution < 1.29 is 13.5 Å². The number of hydrogen-bond acceptors (Lipinski definition) is 3.